The van der Waals surface area contributed by atoms with Crippen LogP contribution in [0.2, 0.25) is 0 Å². The topological polar surface area (TPSA) is 47.1 Å². The van der Waals surface area contributed by atoms with E-state index in [2.05, 4.69) is 25.9 Å². The van der Waals surface area contributed by atoms with Crippen molar-refractivity contribution in [3.05, 3.63) is 40.1 Å². The average molecular weight is 309 g/mol. The van der Waals surface area contributed by atoms with Crippen LogP contribution in [0.25, 0.3) is 0 Å². The molecule has 0 bridgehead atoms. The zero-order valence-electron chi connectivity index (χ0n) is 10.8. The molecular formula is C13H17BrN4. The smallest absolute Gasteiger partial charge is 0.0739 e. The molecule has 1 aromatic carbocycles. The van der Waals surface area contributed by atoms with Crippen molar-refractivity contribution in [1.29, 1.82) is 0 Å². The number of aryl methyl sites for hydroxylation is 2. The summed E-state index contributed by atoms with van der Waals surface area (Å²) in [4.78, 5) is 2.12. The van der Waals surface area contributed by atoms with E-state index in [1.807, 2.05) is 50.0 Å². The minimum absolute atomic E-state index is 0.756. The average Bonchev–Trinajstić information content (AvgIpc) is 2.56. The number of benzene rings is 1. The van der Waals surface area contributed by atoms with Crippen molar-refractivity contribution >= 4 is 27.3 Å². The standard InChI is InChI=1S/C13H17BrN4/c1-9-13(14)12(18(3)16-9)8-17(2)11-7-5-4-6-10(11)15/h4-7H,8,15H2,1-3H3. The lowest BCUT2D eigenvalue weighted by atomic mass is 10.2. The van der Waals surface area contributed by atoms with Crippen molar-refractivity contribution in [3.8, 4) is 0 Å². The van der Waals surface area contributed by atoms with E-state index in [9.17, 15) is 0 Å². The van der Waals surface area contributed by atoms with Crippen LogP contribution in [-0.4, -0.2) is 16.8 Å². The first-order valence-electron chi connectivity index (χ1n) is 5.74. The van der Waals surface area contributed by atoms with Crippen molar-refractivity contribution in [2.45, 2.75) is 13.5 Å². The number of rotatable bonds is 3. The van der Waals surface area contributed by atoms with Crippen LogP contribution >= 0.6 is 15.9 Å². The third-order valence-corrected chi connectivity index (χ3v) is 4.03. The number of nitrogens with zero attached hydrogens (tertiary/aromatic N) is 3. The van der Waals surface area contributed by atoms with Crippen molar-refractivity contribution in [2.24, 2.45) is 7.05 Å². The monoisotopic (exact) mass is 308 g/mol. The van der Waals surface area contributed by atoms with Crippen molar-refractivity contribution in [3.63, 3.8) is 0 Å². The largest absolute Gasteiger partial charge is 0.397 e. The maximum atomic E-state index is 5.98. The van der Waals surface area contributed by atoms with Gasteiger partial charge in [-0.15, -0.1) is 0 Å². The summed E-state index contributed by atoms with van der Waals surface area (Å²) in [6.07, 6.45) is 0. The van der Waals surface area contributed by atoms with Gasteiger partial charge in [-0.2, -0.15) is 5.10 Å². The maximum absolute atomic E-state index is 5.98. The number of nitrogen functional groups attached to an aromatic ring is 1. The Bertz CT molecular complexity index is 562. The summed E-state index contributed by atoms with van der Waals surface area (Å²) in [6.45, 7) is 2.75. The molecule has 0 aliphatic carbocycles. The highest BCUT2D eigenvalue weighted by atomic mass is 79.9. The number of para-hydroxylation sites is 2. The van der Waals surface area contributed by atoms with Crippen LogP contribution < -0.4 is 10.6 Å². The fraction of sp³-hybridized carbons (Fsp3) is 0.308. The normalized spacial score (nSPS) is 10.7. The number of halogens is 1. The van der Waals surface area contributed by atoms with Gasteiger partial charge in [-0.25, -0.2) is 0 Å². The summed E-state index contributed by atoms with van der Waals surface area (Å²) in [5.41, 5.74) is 9.94. The Morgan fingerprint density at radius 3 is 2.61 bits per heavy atom. The molecule has 0 unspecified atom stereocenters. The molecule has 0 atom stereocenters. The van der Waals surface area contributed by atoms with Crippen LogP contribution in [-0.2, 0) is 13.6 Å². The van der Waals surface area contributed by atoms with Gasteiger partial charge in [-0.1, -0.05) is 12.1 Å². The van der Waals surface area contributed by atoms with E-state index in [1.54, 1.807) is 0 Å². The molecule has 0 aliphatic heterocycles. The van der Waals surface area contributed by atoms with E-state index < -0.39 is 0 Å². The number of hydrogen-bond donors (Lipinski definition) is 1. The summed E-state index contributed by atoms with van der Waals surface area (Å²) in [5.74, 6) is 0. The zero-order valence-corrected chi connectivity index (χ0v) is 12.4. The SMILES string of the molecule is Cc1nn(C)c(CN(C)c2ccccc2N)c1Br. The molecule has 4 nitrogen and oxygen atoms in total. The third-order valence-electron chi connectivity index (χ3n) is 3.00. The molecule has 0 aliphatic rings. The first-order valence-corrected chi connectivity index (χ1v) is 6.53. The molecule has 0 amide bonds. The number of aromatic nitrogens is 2. The Labute approximate surface area is 116 Å². The maximum Gasteiger partial charge on any atom is 0.0739 e. The molecule has 5 heteroatoms. The van der Waals surface area contributed by atoms with Gasteiger partial charge in [-0.05, 0) is 35.0 Å². The minimum Gasteiger partial charge on any atom is -0.397 e. The van der Waals surface area contributed by atoms with Crippen molar-refractivity contribution in [2.75, 3.05) is 17.7 Å². The predicted molar refractivity (Wildman–Crippen MR) is 78.6 cm³/mol. The fourth-order valence-electron chi connectivity index (χ4n) is 2.00. The number of hydrogen-bond acceptors (Lipinski definition) is 3. The van der Waals surface area contributed by atoms with Crippen LogP contribution in [0.3, 0.4) is 0 Å². The predicted octanol–water partition coefficient (Wildman–Crippen LogP) is 2.71. The van der Waals surface area contributed by atoms with E-state index in [0.717, 1.165) is 33.8 Å². The second-order valence-corrected chi connectivity index (χ2v) is 5.18. The summed E-state index contributed by atoms with van der Waals surface area (Å²) >= 11 is 3.58. The molecule has 2 N–H and O–H groups in total. The highest BCUT2D eigenvalue weighted by Crippen LogP contribution is 2.26. The third kappa shape index (κ3) is 2.36. The molecule has 2 aromatic rings. The van der Waals surface area contributed by atoms with Gasteiger partial charge in [0.15, 0.2) is 0 Å². The Morgan fingerprint density at radius 2 is 2.06 bits per heavy atom. The van der Waals surface area contributed by atoms with E-state index >= 15 is 0 Å². The van der Waals surface area contributed by atoms with Gasteiger partial charge in [0, 0.05) is 14.1 Å². The fourth-order valence-corrected chi connectivity index (χ4v) is 2.46. The van der Waals surface area contributed by atoms with Crippen LogP contribution in [0.15, 0.2) is 28.7 Å². The Morgan fingerprint density at radius 1 is 1.39 bits per heavy atom. The van der Waals surface area contributed by atoms with Gasteiger partial charge in [0.2, 0.25) is 0 Å². The van der Waals surface area contributed by atoms with E-state index in [0.29, 0.717) is 0 Å². The highest BCUT2D eigenvalue weighted by molar-refractivity contribution is 9.10. The van der Waals surface area contributed by atoms with Crippen LogP contribution in [0.5, 0.6) is 0 Å². The van der Waals surface area contributed by atoms with Crippen LogP contribution in [0.4, 0.5) is 11.4 Å². The van der Waals surface area contributed by atoms with Crippen LogP contribution in [0, 0.1) is 6.92 Å². The van der Waals surface area contributed by atoms with E-state index in [4.69, 9.17) is 5.73 Å². The molecule has 2 rings (SSSR count). The van der Waals surface area contributed by atoms with Gasteiger partial charge in [0.1, 0.15) is 0 Å². The minimum atomic E-state index is 0.756. The molecular weight excluding hydrogens is 292 g/mol. The second-order valence-electron chi connectivity index (χ2n) is 4.38. The van der Waals surface area contributed by atoms with E-state index in [-0.39, 0.29) is 0 Å². The Kier molecular flexibility index (Phi) is 3.61. The van der Waals surface area contributed by atoms with Gasteiger partial charge < -0.3 is 10.6 Å². The zero-order chi connectivity index (χ0) is 13.3. The summed E-state index contributed by atoms with van der Waals surface area (Å²) in [6, 6.07) is 7.87. The van der Waals surface area contributed by atoms with E-state index in [1.165, 1.54) is 0 Å². The lowest BCUT2D eigenvalue weighted by molar-refractivity contribution is 0.693. The molecule has 0 fully saturated rings. The molecule has 18 heavy (non-hydrogen) atoms. The van der Waals surface area contributed by atoms with Crippen LogP contribution in [0.1, 0.15) is 11.4 Å². The molecule has 0 spiro atoms. The molecule has 1 heterocycles. The second kappa shape index (κ2) is 5.02. The number of anilines is 2. The Hall–Kier alpha value is -1.49. The lowest BCUT2D eigenvalue weighted by Gasteiger charge is -2.21. The summed E-state index contributed by atoms with van der Waals surface area (Å²) < 4.78 is 2.96. The molecule has 0 radical (unpaired) electrons. The van der Waals surface area contributed by atoms with Gasteiger partial charge >= 0.3 is 0 Å². The van der Waals surface area contributed by atoms with Gasteiger partial charge in [-0.3, -0.25) is 4.68 Å². The molecule has 96 valence electrons. The molecule has 0 saturated carbocycles. The highest BCUT2D eigenvalue weighted by Gasteiger charge is 2.13. The molecule has 0 saturated heterocycles. The number of nitrogens with two attached hydrogens (primary N) is 1. The Balaban J connectivity index is 2.27. The molecule has 1 aromatic heterocycles. The van der Waals surface area contributed by atoms with Crippen molar-refractivity contribution < 1.29 is 0 Å². The van der Waals surface area contributed by atoms with Gasteiger partial charge in [0.25, 0.3) is 0 Å². The van der Waals surface area contributed by atoms with Gasteiger partial charge in [0.05, 0.1) is 33.8 Å². The first-order chi connectivity index (χ1) is 8.50. The van der Waals surface area contributed by atoms with Crippen molar-refractivity contribution in [1.82, 2.24) is 9.78 Å². The summed E-state index contributed by atoms with van der Waals surface area (Å²) in [5, 5.41) is 4.39. The summed E-state index contributed by atoms with van der Waals surface area (Å²) in [7, 11) is 3.98. The first kappa shape index (κ1) is 13.0. The quantitative estimate of drug-likeness (QED) is 0.887. The lowest BCUT2D eigenvalue weighted by Crippen LogP contribution is -2.19.